The highest BCUT2D eigenvalue weighted by atomic mass is 16.5. The number of ether oxygens (including phenoxy) is 2. The number of hydrazone groups is 1. The Morgan fingerprint density at radius 2 is 1.65 bits per heavy atom. The SMILES string of the molecule is CCCCOc1ccc(NC(=O)C(=O)N/N=C\c2ccccc2OCC(=O)Nc2cccc(C)c2)cc1. The first-order valence-corrected chi connectivity index (χ1v) is 11.9. The van der Waals surface area contributed by atoms with Gasteiger partial charge in [-0.3, -0.25) is 14.4 Å². The van der Waals surface area contributed by atoms with Crippen molar-refractivity contribution in [1.29, 1.82) is 0 Å². The van der Waals surface area contributed by atoms with Gasteiger partial charge in [-0.15, -0.1) is 0 Å². The maximum Gasteiger partial charge on any atom is 0.329 e. The summed E-state index contributed by atoms with van der Waals surface area (Å²) in [4.78, 5) is 36.5. The molecule has 0 unspecified atom stereocenters. The molecule has 3 aromatic rings. The zero-order valence-corrected chi connectivity index (χ0v) is 20.8. The lowest BCUT2D eigenvalue weighted by Gasteiger charge is -2.10. The third kappa shape index (κ3) is 9.14. The van der Waals surface area contributed by atoms with Crippen LogP contribution in [0.3, 0.4) is 0 Å². The van der Waals surface area contributed by atoms with E-state index in [1.165, 1.54) is 6.21 Å². The number of aryl methyl sites for hydroxylation is 1. The van der Waals surface area contributed by atoms with Gasteiger partial charge in [-0.2, -0.15) is 5.10 Å². The Bertz CT molecular complexity index is 1240. The topological polar surface area (TPSA) is 118 Å². The predicted molar refractivity (Wildman–Crippen MR) is 143 cm³/mol. The van der Waals surface area contributed by atoms with E-state index < -0.39 is 11.8 Å². The smallest absolute Gasteiger partial charge is 0.329 e. The monoisotopic (exact) mass is 502 g/mol. The fourth-order valence-electron chi connectivity index (χ4n) is 3.15. The van der Waals surface area contributed by atoms with E-state index in [2.05, 4.69) is 28.1 Å². The van der Waals surface area contributed by atoms with Gasteiger partial charge in [0.25, 0.3) is 5.91 Å². The molecule has 9 nitrogen and oxygen atoms in total. The van der Waals surface area contributed by atoms with E-state index in [1.54, 1.807) is 54.6 Å². The average molecular weight is 503 g/mol. The van der Waals surface area contributed by atoms with Crippen molar-refractivity contribution < 1.29 is 23.9 Å². The van der Waals surface area contributed by atoms with Crippen LogP contribution in [0.5, 0.6) is 11.5 Å². The predicted octanol–water partition coefficient (Wildman–Crippen LogP) is 4.28. The van der Waals surface area contributed by atoms with Gasteiger partial charge in [0.15, 0.2) is 6.61 Å². The number of nitrogens with one attached hydrogen (secondary N) is 3. The first-order valence-electron chi connectivity index (χ1n) is 11.9. The summed E-state index contributed by atoms with van der Waals surface area (Å²) < 4.78 is 11.2. The van der Waals surface area contributed by atoms with Crippen molar-refractivity contribution in [1.82, 2.24) is 5.43 Å². The Morgan fingerprint density at radius 3 is 2.41 bits per heavy atom. The Balaban J connectivity index is 1.48. The van der Waals surface area contributed by atoms with Crippen LogP contribution in [0.1, 0.15) is 30.9 Å². The molecule has 0 aliphatic heterocycles. The molecule has 0 bridgehead atoms. The minimum atomic E-state index is -0.935. The summed E-state index contributed by atoms with van der Waals surface area (Å²) in [6, 6.07) is 21.1. The molecule has 37 heavy (non-hydrogen) atoms. The first kappa shape index (κ1) is 26.9. The number of anilines is 2. The average Bonchev–Trinajstić information content (AvgIpc) is 2.89. The van der Waals surface area contributed by atoms with Crippen molar-refractivity contribution in [2.75, 3.05) is 23.8 Å². The maximum absolute atomic E-state index is 12.2. The van der Waals surface area contributed by atoms with Crippen molar-refractivity contribution in [3.8, 4) is 11.5 Å². The molecule has 0 spiro atoms. The highest BCUT2D eigenvalue weighted by molar-refractivity contribution is 6.39. The fourth-order valence-corrected chi connectivity index (χ4v) is 3.15. The molecule has 3 aromatic carbocycles. The maximum atomic E-state index is 12.2. The number of hydrogen-bond donors (Lipinski definition) is 3. The number of carbonyl (C=O) groups excluding carboxylic acids is 3. The molecule has 0 atom stereocenters. The standard InChI is InChI=1S/C28H30N4O5/c1-3-4-16-36-24-14-12-22(13-15-24)31-27(34)28(35)32-29-18-21-9-5-6-11-25(21)37-19-26(33)30-23-10-7-8-20(2)17-23/h5-15,17-18H,3-4,16,19H2,1-2H3,(H,30,33)(H,31,34)(H,32,35)/b29-18-. The Morgan fingerprint density at radius 1 is 0.865 bits per heavy atom. The molecule has 9 heteroatoms. The van der Waals surface area contributed by atoms with E-state index in [4.69, 9.17) is 9.47 Å². The molecule has 3 rings (SSSR count). The van der Waals surface area contributed by atoms with Gasteiger partial charge < -0.3 is 20.1 Å². The molecule has 3 amide bonds. The number of amides is 3. The summed E-state index contributed by atoms with van der Waals surface area (Å²) in [6.07, 6.45) is 3.33. The first-order chi connectivity index (χ1) is 17.9. The van der Waals surface area contributed by atoms with E-state index >= 15 is 0 Å². The van der Waals surface area contributed by atoms with Crippen molar-refractivity contribution >= 4 is 35.3 Å². The van der Waals surface area contributed by atoms with Crippen molar-refractivity contribution in [3.63, 3.8) is 0 Å². The Labute approximate surface area is 215 Å². The van der Waals surface area contributed by atoms with Crippen LogP contribution < -0.4 is 25.5 Å². The molecule has 0 aliphatic rings. The highest BCUT2D eigenvalue weighted by Gasteiger charge is 2.13. The summed E-state index contributed by atoms with van der Waals surface area (Å²) in [6.45, 7) is 4.43. The number of para-hydroxylation sites is 1. The number of benzene rings is 3. The normalized spacial score (nSPS) is 10.5. The second-order valence-corrected chi connectivity index (χ2v) is 8.12. The minimum Gasteiger partial charge on any atom is -0.494 e. The van der Waals surface area contributed by atoms with E-state index in [9.17, 15) is 14.4 Å². The van der Waals surface area contributed by atoms with Crippen molar-refractivity contribution in [3.05, 3.63) is 83.9 Å². The molecule has 0 aliphatic carbocycles. The van der Waals surface area contributed by atoms with Crippen LogP contribution in [0.15, 0.2) is 77.9 Å². The van der Waals surface area contributed by atoms with Crippen LogP contribution in [0.2, 0.25) is 0 Å². The van der Waals surface area contributed by atoms with Crippen LogP contribution in [0.4, 0.5) is 11.4 Å². The third-order valence-corrected chi connectivity index (χ3v) is 5.03. The van der Waals surface area contributed by atoms with Crippen LogP contribution in [-0.4, -0.2) is 37.1 Å². The molecule has 0 saturated carbocycles. The molecule has 0 saturated heterocycles. The molecular formula is C28H30N4O5. The number of unbranched alkanes of at least 4 members (excludes halogenated alkanes) is 1. The second-order valence-electron chi connectivity index (χ2n) is 8.12. The molecule has 0 aromatic heterocycles. The van der Waals surface area contributed by atoms with Crippen LogP contribution >= 0.6 is 0 Å². The van der Waals surface area contributed by atoms with Crippen LogP contribution in [-0.2, 0) is 14.4 Å². The van der Waals surface area contributed by atoms with Crippen LogP contribution in [0, 0.1) is 6.92 Å². The Kier molecular flexibility index (Phi) is 10.2. The van der Waals surface area contributed by atoms with Gasteiger partial charge >= 0.3 is 11.8 Å². The second kappa shape index (κ2) is 14.0. The summed E-state index contributed by atoms with van der Waals surface area (Å²) in [5.74, 6) is -1.04. The van der Waals surface area contributed by atoms with Gasteiger partial charge in [0.05, 0.1) is 12.8 Å². The lowest BCUT2D eigenvalue weighted by atomic mass is 10.2. The van der Waals surface area contributed by atoms with Gasteiger partial charge in [0.1, 0.15) is 11.5 Å². The fraction of sp³-hybridized carbons (Fsp3) is 0.214. The number of carbonyl (C=O) groups is 3. The van der Waals surface area contributed by atoms with E-state index in [0.29, 0.717) is 35.0 Å². The zero-order valence-electron chi connectivity index (χ0n) is 20.8. The molecule has 192 valence electrons. The summed E-state index contributed by atoms with van der Waals surface area (Å²) in [5.41, 5.74) is 4.87. The van der Waals surface area contributed by atoms with E-state index in [1.807, 2.05) is 25.1 Å². The lowest BCUT2D eigenvalue weighted by molar-refractivity contribution is -0.136. The summed E-state index contributed by atoms with van der Waals surface area (Å²) in [5, 5.41) is 9.11. The lowest BCUT2D eigenvalue weighted by Crippen LogP contribution is -2.32. The quantitative estimate of drug-likeness (QED) is 0.157. The zero-order chi connectivity index (χ0) is 26.5. The number of nitrogens with zero attached hydrogens (tertiary/aromatic N) is 1. The van der Waals surface area contributed by atoms with E-state index in [-0.39, 0.29) is 12.5 Å². The molecule has 0 radical (unpaired) electrons. The Hall–Kier alpha value is -4.66. The summed E-state index contributed by atoms with van der Waals surface area (Å²) in [7, 11) is 0. The van der Waals surface area contributed by atoms with Crippen LogP contribution in [0.25, 0.3) is 0 Å². The van der Waals surface area contributed by atoms with E-state index in [0.717, 1.165) is 18.4 Å². The van der Waals surface area contributed by atoms with Gasteiger partial charge in [0.2, 0.25) is 0 Å². The van der Waals surface area contributed by atoms with Crippen molar-refractivity contribution in [2.24, 2.45) is 5.10 Å². The minimum absolute atomic E-state index is 0.212. The molecular weight excluding hydrogens is 472 g/mol. The van der Waals surface area contributed by atoms with Gasteiger partial charge in [-0.05, 0) is 67.4 Å². The van der Waals surface area contributed by atoms with Gasteiger partial charge in [0, 0.05) is 16.9 Å². The van der Waals surface area contributed by atoms with Crippen molar-refractivity contribution in [2.45, 2.75) is 26.7 Å². The molecule has 3 N–H and O–H groups in total. The largest absolute Gasteiger partial charge is 0.494 e. The number of rotatable bonds is 11. The molecule has 0 fully saturated rings. The molecule has 0 heterocycles. The number of hydrogen-bond acceptors (Lipinski definition) is 6. The third-order valence-electron chi connectivity index (χ3n) is 5.03. The summed E-state index contributed by atoms with van der Waals surface area (Å²) >= 11 is 0. The van der Waals surface area contributed by atoms with Gasteiger partial charge in [-0.1, -0.05) is 37.6 Å². The van der Waals surface area contributed by atoms with Gasteiger partial charge in [-0.25, -0.2) is 5.43 Å². The highest BCUT2D eigenvalue weighted by Crippen LogP contribution is 2.17.